The van der Waals surface area contributed by atoms with Crippen LogP contribution in [-0.2, 0) is 11.2 Å². The first-order chi connectivity index (χ1) is 10.1. The normalized spacial score (nSPS) is 11.6. The van der Waals surface area contributed by atoms with E-state index < -0.39 is 17.9 Å². The number of rotatable bonds is 5. The van der Waals surface area contributed by atoms with Gasteiger partial charge in [-0.2, -0.15) is 0 Å². The molecular formula is C16H16N2O3. The van der Waals surface area contributed by atoms with E-state index in [0.29, 0.717) is 5.69 Å². The SMILES string of the molecule is Nc1ccccc1C(=O)N[C@H](Cc1ccccc1)C(=O)O. The monoisotopic (exact) mass is 284 g/mol. The first-order valence-electron chi connectivity index (χ1n) is 6.50. The molecule has 2 aromatic rings. The van der Waals surface area contributed by atoms with Gasteiger partial charge in [-0.3, -0.25) is 4.79 Å². The molecule has 0 spiro atoms. The van der Waals surface area contributed by atoms with Gasteiger partial charge in [0.15, 0.2) is 0 Å². The second kappa shape index (κ2) is 6.56. The van der Waals surface area contributed by atoms with Crippen molar-refractivity contribution in [2.24, 2.45) is 0 Å². The molecule has 2 aromatic carbocycles. The zero-order chi connectivity index (χ0) is 15.2. The van der Waals surface area contributed by atoms with Crippen molar-refractivity contribution in [1.82, 2.24) is 5.32 Å². The summed E-state index contributed by atoms with van der Waals surface area (Å²) in [5.41, 5.74) is 7.15. The lowest BCUT2D eigenvalue weighted by atomic mass is 10.1. The molecule has 1 amide bonds. The summed E-state index contributed by atoms with van der Waals surface area (Å²) in [4.78, 5) is 23.4. The number of hydrogen-bond donors (Lipinski definition) is 3. The Morgan fingerprint density at radius 2 is 1.67 bits per heavy atom. The molecule has 0 aliphatic heterocycles. The Morgan fingerprint density at radius 3 is 2.29 bits per heavy atom. The second-order valence-corrected chi connectivity index (χ2v) is 4.64. The van der Waals surface area contributed by atoms with E-state index in [2.05, 4.69) is 5.32 Å². The zero-order valence-electron chi connectivity index (χ0n) is 11.3. The Balaban J connectivity index is 2.12. The number of carbonyl (C=O) groups excluding carboxylic acids is 1. The van der Waals surface area contributed by atoms with Crippen molar-refractivity contribution in [1.29, 1.82) is 0 Å². The summed E-state index contributed by atoms with van der Waals surface area (Å²) in [6.07, 6.45) is 0.217. The topological polar surface area (TPSA) is 92.4 Å². The minimum Gasteiger partial charge on any atom is -0.480 e. The summed E-state index contributed by atoms with van der Waals surface area (Å²) < 4.78 is 0. The number of carboxylic acids is 1. The van der Waals surface area contributed by atoms with Crippen molar-refractivity contribution in [2.75, 3.05) is 5.73 Å². The molecule has 108 valence electrons. The van der Waals surface area contributed by atoms with Crippen molar-refractivity contribution < 1.29 is 14.7 Å². The van der Waals surface area contributed by atoms with Crippen molar-refractivity contribution in [3.8, 4) is 0 Å². The van der Waals surface area contributed by atoms with E-state index in [0.717, 1.165) is 5.56 Å². The predicted molar refractivity (Wildman–Crippen MR) is 79.9 cm³/mol. The molecule has 1 atom stereocenters. The first kappa shape index (κ1) is 14.6. The van der Waals surface area contributed by atoms with E-state index in [-0.39, 0.29) is 12.0 Å². The predicted octanol–water partition coefficient (Wildman–Crippen LogP) is 1.69. The van der Waals surface area contributed by atoms with Crippen LogP contribution in [0.4, 0.5) is 5.69 Å². The van der Waals surface area contributed by atoms with E-state index in [9.17, 15) is 14.7 Å². The van der Waals surface area contributed by atoms with Crippen molar-refractivity contribution in [2.45, 2.75) is 12.5 Å². The molecule has 0 heterocycles. The van der Waals surface area contributed by atoms with Crippen LogP contribution in [0.3, 0.4) is 0 Å². The lowest BCUT2D eigenvalue weighted by Gasteiger charge is -2.15. The molecule has 0 bridgehead atoms. The van der Waals surface area contributed by atoms with E-state index in [1.807, 2.05) is 30.3 Å². The van der Waals surface area contributed by atoms with E-state index >= 15 is 0 Å². The van der Waals surface area contributed by atoms with Crippen LogP contribution in [0, 0.1) is 0 Å². The highest BCUT2D eigenvalue weighted by Gasteiger charge is 2.21. The fourth-order valence-corrected chi connectivity index (χ4v) is 1.99. The van der Waals surface area contributed by atoms with Crippen molar-refractivity contribution >= 4 is 17.6 Å². The van der Waals surface area contributed by atoms with Crippen LogP contribution in [0.15, 0.2) is 54.6 Å². The summed E-state index contributed by atoms with van der Waals surface area (Å²) >= 11 is 0. The maximum atomic E-state index is 12.1. The second-order valence-electron chi connectivity index (χ2n) is 4.64. The summed E-state index contributed by atoms with van der Waals surface area (Å²) in [6, 6.07) is 14.7. The van der Waals surface area contributed by atoms with Gasteiger partial charge < -0.3 is 16.2 Å². The quantitative estimate of drug-likeness (QED) is 0.728. The Labute approximate surface area is 122 Å². The first-order valence-corrected chi connectivity index (χ1v) is 6.50. The van der Waals surface area contributed by atoms with Gasteiger partial charge in [-0.1, -0.05) is 42.5 Å². The van der Waals surface area contributed by atoms with Gasteiger partial charge in [-0.15, -0.1) is 0 Å². The summed E-state index contributed by atoms with van der Waals surface area (Å²) in [7, 11) is 0. The number of para-hydroxylation sites is 1. The van der Waals surface area contributed by atoms with Gasteiger partial charge >= 0.3 is 5.97 Å². The van der Waals surface area contributed by atoms with E-state index in [1.54, 1.807) is 24.3 Å². The standard InChI is InChI=1S/C16H16N2O3/c17-13-9-5-4-8-12(13)15(19)18-14(16(20)21)10-11-6-2-1-3-7-11/h1-9,14H,10,17H2,(H,18,19)(H,20,21)/t14-/m1/s1. The molecule has 0 saturated carbocycles. The lowest BCUT2D eigenvalue weighted by molar-refractivity contribution is -0.139. The number of nitrogens with two attached hydrogens (primary N) is 1. The number of nitrogens with one attached hydrogen (secondary N) is 1. The average Bonchev–Trinajstić information content (AvgIpc) is 2.48. The Kier molecular flexibility index (Phi) is 4.56. The summed E-state index contributed by atoms with van der Waals surface area (Å²) in [6.45, 7) is 0. The molecule has 2 rings (SSSR count). The molecule has 5 nitrogen and oxygen atoms in total. The number of anilines is 1. The Morgan fingerprint density at radius 1 is 1.05 bits per heavy atom. The number of benzene rings is 2. The molecule has 0 unspecified atom stereocenters. The molecule has 4 N–H and O–H groups in total. The molecule has 0 aliphatic rings. The largest absolute Gasteiger partial charge is 0.480 e. The van der Waals surface area contributed by atoms with Gasteiger partial charge in [0, 0.05) is 12.1 Å². The van der Waals surface area contributed by atoms with Gasteiger partial charge in [-0.05, 0) is 17.7 Å². The summed E-state index contributed by atoms with van der Waals surface area (Å²) in [5.74, 6) is -1.57. The molecule has 0 fully saturated rings. The van der Waals surface area contributed by atoms with Gasteiger partial charge in [0.25, 0.3) is 5.91 Å². The zero-order valence-corrected chi connectivity index (χ0v) is 11.3. The van der Waals surface area contributed by atoms with Gasteiger partial charge in [-0.25, -0.2) is 4.79 Å². The third kappa shape index (κ3) is 3.82. The maximum Gasteiger partial charge on any atom is 0.326 e. The third-order valence-electron chi connectivity index (χ3n) is 3.09. The molecule has 0 aromatic heterocycles. The maximum absolute atomic E-state index is 12.1. The molecule has 0 aliphatic carbocycles. The molecular weight excluding hydrogens is 268 g/mol. The van der Waals surface area contributed by atoms with Crippen LogP contribution in [0.2, 0.25) is 0 Å². The van der Waals surface area contributed by atoms with Gasteiger partial charge in [0.1, 0.15) is 6.04 Å². The number of carbonyl (C=O) groups is 2. The minimum atomic E-state index is -1.08. The number of carboxylic acid groups (broad SMARTS) is 1. The molecule has 0 saturated heterocycles. The van der Waals surface area contributed by atoms with Crippen molar-refractivity contribution in [3.63, 3.8) is 0 Å². The third-order valence-corrected chi connectivity index (χ3v) is 3.09. The van der Waals surface area contributed by atoms with E-state index in [4.69, 9.17) is 5.73 Å². The molecule has 0 radical (unpaired) electrons. The number of amides is 1. The van der Waals surface area contributed by atoms with Crippen LogP contribution in [0.1, 0.15) is 15.9 Å². The number of aliphatic carboxylic acids is 1. The molecule has 21 heavy (non-hydrogen) atoms. The van der Waals surface area contributed by atoms with Crippen LogP contribution in [0.5, 0.6) is 0 Å². The lowest BCUT2D eigenvalue weighted by Crippen LogP contribution is -2.42. The van der Waals surface area contributed by atoms with Gasteiger partial charge in [0.05, 0.1) is 5.56 Å². The number of nitrogen functional groups attached to an aromatic ring is 1. The van der Waals surface area contributed by atoms with E-state index in [1.165, 1.54) is 0 Å². The van der Waals surface area contributed by atoms with Crippen LogP contribution in [0.25, 0.3) is 0 Å². The van der Waals surface area contributed by atoms with Crippen LogP contribution < -0.4 is 11.1 Å². The Bertz CT molecular complexity index is 641. The van der Waals surface area contributed by atoms with Gasteiger partial charge in [0.2, 0.25) is 0 Å². The number of hydrogen-bond acceptors (Lipinski definition) is 3. The summed E-state index contributed by atoms with van der Waals surface area (Å²) in [5, 5.41) is 11.8. The fraction of sp³-hybridized carbons (Fsp3) is 0.125. The molecule has 5 heteroatoms. The highest BCUT2D eigenvalue weighted by molar-refractivity contribution is 6.00. The average molecular weight is 284 g/mol. The smallest absolute Gasteiger partial charge is 0.326 e. The van der Waals surface area contributed by atoms with Crippen LogP contribution in [-0.4, -0.2) is 23.0 Å². The highest BCUT2D eigenvalue weighted by Crippen LogP contribution is 2.11. The highest BCUT2D eigenvalue weighted by atomic mass is 16.4. The minimum absolute atomic E-state index is 0.217. The van der Waals surface area contributed by atoms with Crippen molar-refractivity contribution in [3.05, 3.63) is 65.7 Å². The van der Waals surface area contributed by atoms with Crippen LogP contribution >= 0.6 is 0 Å². The fourth-order valence-electron chi connectivity index (χ4n) is 1.99. The Hall–Kier alpha value is -2.82.